The van der Waals surface area contributed by atoms with Crippen molar-refractivity contribution >= 4 is 39.4 Å². The maximum atomic E-state index is 12.2. The third kappa shape index (κ3) is 4.12. The molecule has 3 rings (SSSR count). The number of hydrogen-bond donors (Lipinski definition) is 1. The Morgan fingerprint density at radius 1 is 1.04 bits per heavy atom. The van der Waals surface area contributed by atoms with Crippen LogP contribution in [0.1, 0.15) is 20.7 Å². The highest BCUT2D eigenvalue weighted by Gasteiger charge is 2.13. The average molecular weight is 419 g/mol. The SMILES string of the molecule is O=C(O)c1ccc(-n2nnnc2SCC(=O)c2ccc(Br)cc2)cc1. The molecule has 0 radical (unpaired) electrons. The molecule has 0 saturated carbocycles. The first-order valence-corrected chi connectivity index (χ1v) is 8.86. The fraction of sp³-hybridized carbons (Fsp3) is 0.0625. The van der Waals surface area contributed by atoms with Gasteiger partial charge in [-0.3, -0.25) is 4.79 Å². The number of tetrazole rings is 1. The van der Waals surface area contributed by atoms with Gasteiger partial charge >= 0.3 is 5.97 Å². The molecule has 1 aromatic heterocycles. The Balaban J connectivity index is 1.72. The summed E-state index contributed by atoms with van der Waals surface area (Å²) in [7, 11) is 0. The summed E-state index contributed by atoms with van der Waals surface area (Å²) in [4.78, 5) is 23.1. The van der Waals surface area contributed by atoms with Crippen LogP contribution in [0.5, 0.6) is 0 Å². The summed E-state index contributed by atoms with van der Waals surface area (Å²) in [6.07, 6.45) is 0. The van der Waals surface area contributed by atoms with Gasteiger partial charge in [-0.1, -0.05) is 39.8 Å². The van der Waals surface area contributed by atoms with E-state index in [1.807, 2.05) is 12.1 Å². The zero-order valence-corrected chi connectivity index (χ0v) is 15.1. The van der Waals surface area contributed by atoms with Crippen LogP contribution in [0.4, 0.5) is 0 Å². The van der Waals surface area contributed by atoms with E-state index in [1.54, 1.807) is 24.3 Å². The molecule has 1 heterocycles. The fourth-order valence-electron chi connectivity index (χ4n) is 2.03. The highest BCUT2D eigenvalue weighted by Crippen LogP contribution is 2.20. The lowest BCUT2D eigenvalue weighted by Gasteiger charge is -2.05. The third-order valence-corrected chi connectivity index (χ3v) is 4.75. The number of aromatic nitrogens is 4. The van der Waals surface area contributed by atoms with E-state index in [9.17, 15) is 9.59 Å². The zero-order chi connectivity index (χ0) is 17.8. The van der Waals surface area contributed by atoms with Gasteiger partial charge in [-0.15, -0.1) is 5.10 Å². The van der Waals surface area contributed by atoms with Gasteiger partial charge in [-0.2, -0.15) is 4.68 Å². The Labute approximate surface area is 155 Å². The van der Waals surface area contributed by atoms with Crippen molar-refractivity contribution in [3.8, 4) is 5.69 Å². The van der Waals surface area contributed by atoms with E-state index in [-0.39, 0.29) is 17.1 Å². The predicted octanol–water partition coefficient (Wildman–Crippen LogP) is 3.10. The number of nitrogens with zero attached hydrogens (tertiary/aromatic N) is 4. The predicted molar refractivity (Wildman–Crippen MR) is 95.3 cm³/mol. The van der Waals surface area contributed by atoms with E-state index in [1.165, 1.54) is 28.6 Å². The number of benzene rings is 2. The van der Waals surface area contributed by atoms with Gasteiger partial charge in [-0.05, 0) is 46.8 Å². The molecular weight excluding hydrogens is 408 g/mol. The molecule has 0 aliphatic rings. The normalized spacial score (nSPS) is 10.6. The van der Waals surface area contributed by atoms with Crippen LogP contribution >= 0.6 is 27.7 Å². The van der Waals surface area contributed by atoms with E-state index >= 15 is 0 Å². The number of Topliss-reactive ketones (excluding diaryl/α,β-unsaturated/α-hetero) is 1. The largest absolute Gasteiger partial charge is 0.478 e. The van der Waals surface area contributed by atoms with Crippen LogP contribution < -0.4 is 0 Å². The van der Waals surface area contributed by atoms with Crippen LogP contribution in [-0.4, -0.2) is 42.8 Å². The second-order valence-electron chi connectivity index (χ2n) is 4.94. The Hall–Kier alpha value is -2.52. The standard InChI is InChI=1S/C16H11BrN4O3S/c17-12-5-1-10(2-6-12)14(22)9-25-16-18-19-20-21(16)13-7-3-11(4-8-13)15(23)24/h1-8H,9H2,(H,23,24). The fourth-order valence-corrected chi connectivity index (χ4v) is 3.08. The molecule has 25 heavy (non-hydrogen) atoms. The lowest BCUT2D eigenvalue weighted by molar-refractivity contribution is 0.0696. The van der Waals surface area contributed by atoms with Crippen molar-refractivity contribution < 1.29 is 14.7 Å². The number of carboxylic acid groups (broad SMARTS) is 1. The number of carboxylic acids is 1. The summed E-state index contributed by atoms with van der Waals surface area (Å²) < 4.78 is 2.37. The van der Waals surface area contributed by atoms with Gasteiger partial charge in [0.25, 0.3) is 0 Å². The molecule has 9 heteroatoms. The summed E-state index contributed by atoms with van der Waals surface area (Å²) >= 11 is 4.55. The summed E-state index contributed by atoms with van der Waals surface area (Å²) in [5, 5.41) is 20.8. The number of carbonyl (C=O) groups is 2. The average Bonchev–Trinajstić information content (AvgIpc) is 3.09. The summed E-state index contributed by atoms with van der Waals surface area (Å²) in [6.45, 7) is 0. The van der Waals surface area contributed by atoms with Crippen LogP contribution in [0.2, 0.25) is 0 Å². The third-order valence-electron chi connectivity index (χ3n) is 3.30. The Morgan fingerprint density at radius 2 is 1.68 bits per heavy atom. The Morgan fingerprint density at radius 3 is 2.32 bits per heavy atom. The molecule has 0 amide bonds. The van der Waals surface area contributed by atoms with Crippen molar-refractivity contribution in [2.24, 2.45) is 0 Å². The van der Waals surface area contributed by atoms with Gasteiger partial charge in [0.2, 0.25) is 5.16 Å². The van der Waals surface area contributed by atoms with Crippen LogP contribution in [0.25, 0.3) is 5.69 Å². The van der Waals surface area contributed by atoms with Gasteiger partial charge < -0.3 is 5.11 Å². The molecule has 2 aromatic carbocycles. The molecule has 7 nitrogen and oxygen atoms in total. The van der Waals surface area contributed by atoms with Crippen molar-refractivity contribution in [1.29, 1.82) is 0 Å². The van der Waals surface area contributed by atoms with Crippen LogP contribution in [0.3, 0.4) is 0 Å². The molecular formula is C16H11BrN4O3S. The minimum Gasteiger partial charge on any atom is -0.478 e. The number of rotatable bonds is 6. The van der Waals surface area contributed by atoms with Gasteiger partial charge in [0.15, 0.2) is 5.78 Å². The first-order chi connectivity index (χ1) is 12.0. The highest BCUT2D eigenvalue weighted by atomic mass is 79.9. The molecule has 0 atom stereocenters. The summed E-state index contributed by atoms with van der Waals surface area (Å²) in [5.41, 5.74) is 1.41. The quantitative estimate of drug-likeness (QED) is 0.484. The molecule has 0 unspecified atom stereocenters. The topological polar surface area (TPSA) is 98.0 Å². The lowest BCUT2D eigenvalue weighted by Crippen LogP contribution is -2.05. The van der Waals surface area contributed by atoms with Crippen LogP contribution in [-0.2, 0) is 0 Å². The maximum Gasteiger partial charge on any atom is 0.335 e. The minimum absolute atomic E-state index is 0.0340. The number of aromatic carboxylic acids is 1. The van der Waals surface area contributed by atoms with Gasteiger partial charge in [0, 0.05) is 10.0 Å². The van der Waals surface area contributed by atoms with E-state index in [0.717, 1.165) is 4.47 Å². The van der Waals surface area contributed by atoms with Crippen molar-refractivity contribution in [1.82, 2.24) is 20.2 Å². The minimum atomic E-state index is -1.00. The van der Waals surface area contributed by atoms with E-state index in [0.29, 0.717) is 16.4 Å². The number of carbonyl (C=O) groups excluding carboxylic acids is 1. The molecule has 0 spiro atoms. The Bertz CT molecular complexity index is 910. The van der Waals surface area contributed by atoms with Gasteiger partial charge in [0.05, 0.1) is 17.0 Å². The highest BCUT2D eigenvalue weighted by molar-refractivity contribution is 9.10. The molecule has 0 aliphatic heterocycles. The summed E-state index contributed by atoms with van der Waals surface area (Å²) in [5.74, 6) is -0.846. The molecule has 0 saturated heterocycles. The first kappa shape index (κ1) is 17.3. The Kier molecular flexibility index (Phi) is 5.25. The second kappa shape index (κ2) is 7.58. The first-order valence-electron chi connectivity index (χ1n) is 7.08. The number of hydrogen-bond acceptors (Lipinski definition) is 6. The molecule has 0 fully saturated rings. The monoisotopic (exact) mass is 418 g/mol. The number of thioether (sulfide) groups is 1. The lowest BCUT2D eigenvalue weighted by atomic mass is 10.2. The van der Waals surface area contributed by atoms with Gasteiger partial charge in [-0.25, -0.2) is 4.79 Å². The number of ketones is 1. The smallest absolute Gasteiger partial charge is 0.335 e. The summed E-state index contributed by atoms with van der Waals surface area (Å²) in [6, 6.07) is 13.3. The zero-order valence-electron chi connectivity index (χ0n) is 12.7. The van der Waals surface area contributed by atoms with Crippen LogP contribution in [0, 0.1) is 0 Å². The van der Waals surface area contributed by atoms with Crippen molar-refractivity contribution in [3.63, 3.8) is 0 Å². The van der Waals surface area contributed by atoms with E-state index < -0.39 is 5.97 Å². The van der Waals surface area contributed by atoms with Crippen LogP contribution in [0.15, 0.2) is 58.2 Å². The van der Waals surface area contributed by atoms with Crippen molar-refractivity contribution in [2.75, 3.05) is 5.75 Å². The second-order valence-corrected chi connectivity index (χ2v) is 6.80. The van der Waals surface area contributed by atoms with Crippen molar-refractivity contribution in [2.45, 2.75) is 5.16 Å². The molecule has 0 bridgehead atoms. The van der Waals surface area contributed by atoms with Crippen molar-refractivity contribution in [3.05, 3.63) is 64.1 Å². The molecule has 126 valence electrons. The number of halogens is 1. The molecule has 0 aliphatic carbocycles. The van der Waals surface area contributed by atoms with E-state index in [2.05, 4.69) is 31.5 Å². The molecule has 3 aromatic rings. The van der Waals surface area contributed by atoms with E-state index in [4.69, 9.17) is 5.11 Å². The van der Waals surface area contributed by atoms with Gasteiger partial charge in [0.1, 0.15) is 0 Å². The maximum absolute atomic E-state index is 12.2. The molecule has 1 N–H and O–H groups in total.